The average Bonchev–Trinajstić information content (AvgIpc) is 2.35. The van der Waals surface area contributed by atoms with Gasteiger partial charge in [-0.1, -0.05) is 18.5 Å². The highest BCUT2D eigenvalue weighted by molar-refractivity contribution is 6.31. The number of Topliss-reactive ketones (excluding diaryl/α,β-unsaturated/α-hetero) is 1. The predicted molar refractivity (Wildman–Crippen MR) is 61.6 cm³/mol. The van der Waals surface area contributed by atoms with E-state index in [4.69, 9.17) is 29.3 Å². The molecule has 16 heavy (non-hydrogen) atoms. The van der Waals surface area contributed by atoms with Crippen LogP contribution in [-0.4, -0.2) is 16.9 Å². The number of rotatable bonds is 4. The predicted octanol–water partition coefficient (Wildman–Crippen LogP) is 2.22. The monoisotopic (exact) mass is 246 g/mol. The topological polar surface area (TPSA) is 80.4 Å². The molecule has 3 N–H and O–H groups in total. The van der Waals surface area contributed by atoms with Crippen molar-refractivity contribution >= 4 is 29.0 Å². The number of anilines is 1. The normalized spacial score (nSPS) is 19.5. The molecule has 0 saturated heterocycles. The fraction of sp³-hybridized carbons (Fsp3) is 0.273. The Labute approximate surface area is 105 Å². The van der Waals surface area contributed by atoms with Crippen LogP contribution < -0.4 is 5.73 Å². The van der Waals surface area contributed by atoms with E-state index >= 15 is 0 Å². The molecule has 0 aliphatic rings. The van der Waals surface area contributed by atoms with Crippen LogP contribution in [0.25, 0.3) is 0 Å². The lowest BCUT2D eigenvalue weighted by molar-refractivity contribution is -0.141. The molecule has 1 atom stereocenters. The molecule has 0 fully saturated rings. The quantitative estimate of drug-likeness (QED) is 0.631. The smallest absolute Gasteiger partial charge is 0.306 e. The number of hydrogen-bond donors (Lipinski definition) is 2. The van der Waals surface area contributed by atoms with Gasteiger partial charge in [0.15, 0.2) is 5.78 Å². The van der Waals surface area contributed by atoms with Gasteiger partial charge in [0.25, 0.3) is 0 Å². The van der Waals surface area contributed by atoms with Crippen molar-refractivity contribution in [3.63, 3.8) is 0 Å². The first-order valence-corrected chi connectivity index (χ1v) is 4.56. The van der Waals surface area contributed by atoms with Crippen LogP contribution in [-0.2, 0) is 4.79 Å². The molecule has 1 unspecified atom stereocenters. The van der Waals surface area contributed by atoms with Crippen molar-refractivity contribution in [1.29, 1.82) is 0 Å². The van der Waals surface area contributed by atoms with Gasteiger partial charge in [-0.05, 0) is 18.2 Å². The third kappa shape index (κ3) is 2.97. The van der Waals surface area contributed by atoms with E-state index in [1.54, 1.807) is 0 Å². The number of hydrogen-bond acceptors (Lipinski definition) is 3. The Hall–Kier alpha value is -1.55. The van der Waals surface area contributed by atoms with Crippen LogP contribution in [0.15, 0.2) is 18.2 Å². The van der Waals surface area contributed by atoms with Gasteiger partial charge in [-0.2, -0.15) is 0 Å². The van der Waals surface area contributed by atoms with E-state index in [2.05, 4.69) is 0 Å². The molecule has 0 spiro atoms. The second-order valence-electron chi connectivity index (χ2n) is 2.96. The first kappa shape index (κ1) is 6.91. The number of nitrogens with two attached hydrogens (primary N) is 1. The summed E-state index contributed by atoms with van der Waals surface area (Å²) in [7, 11) is 0. The number of benzene rings is 1. The molecule has 0 radical (unpaired) electrons. The van der Waals surface area contributed by atoms with E-state index in [1.807, 2.05) is 0 Å². The van der Waals surface area contributed by atoms with E-state index in [-0.39, 0.29) is 10.7 Å². The summed E-state index contributed by atoms with van der Waals surface area (Å²) in [5.41, 5.74) is 4.52. The first-order valence-electron chi connectivity index (χ1n) is 6.69. The van der Waals surface area contributed by atoms with E-state index < -0.39 is 41.7 Å². The van der Waals surface area contributed by atoms with E-state index in [0.29, 0.717) is 0 Å². The number of carbonyl (C=O) groups is 2. The summed E-state index contributed by atoms with van der Waals surface area (Å²) in [6.07, 6.45) is -3.15. The Kier molecular flexibility index (Phi) is 2.15. The molecule has 5 heteroatoms. The number of carbonyl (C=O) groups excluding carboxylic acids is 1. The Morgan fingerprint density at radius 1 is 1.75 bits per heavy atom. The fourth-order valence-corrected chi connectivity index (χ4v) is 1.08. The molecule has 1 aromatic rings. The molecule has 0 aliphatic carbocycles. The van der Waals surface area contributed by atoms with Crippen molar-refractivity contribution in [1.82, 2.24) is 0 Å². The molecule has 0 aliphatic heterocycles. The zero-order valence-electron chi connectivity index (χ0n) is 13.3. The number of halogens is 1. The van der Waals surface area contributed by atoms with Crippen LogP contribution in [0.3, 0.4) is 0 Å². The van der Waals surface area contributed by atoms with Gasteiger partial charge in [0.2, 0.25) is 0 Å². The van der Waals surface area contributed by atoms with E-state index in [9.17, 15) is 9.59 Å². The summed E-state index contributed by atoms with van der Waals surface area (Å²) in [6, 6.07) is -0.241. The Bertz CT molecular complexity index is 633. The molecule has 86 valence electrons. The molecule has 0 aromatic heterocycles. The molecular formula is C11H12ClNO3. The maximum absolute atomic E-state index is 12.2. The summed E-state index contributed by atoms with van der Waals surface area (Å²) in [5, 5.41) is 8.70. The summed E-state index contributed by atoms with van der Waals surface area (Å²) in [6.45, 7) is 0.727. The van der Waals surface area contributed by atoms with Gasteiger partial charge in [-0.25, -0.2) is 0 Å². The summed E-state index contributed by atoms with van der Waals surface area (Å²) >= 11 is 5.63. The summed E-state index contributed by atoms with van der Waals surface area (Å²) < 4.78 is 38.0. The fourth-order valence-electron chi connectivity index (χ4n) is 0.913. The zero-order valence-corrected chi connectivity index (χ0v) is 9.05. The highest BCUT2D eigenvalue weighted by atomic mass is 35.5. The van der Waals surface area contributed by atoms with E-state index in [0.717, 1.165) is 13.0 Å². The van der Waals surface area contributed by atoms with Crippen molar-refractivity contribution in [3.8, 4) is 0 Å². The third-order valence-corrected chi connectivity index (χ3v) is 1.93. The molecule has 0 saturated carbocycles. The minimum atomic E-state index is -3.15. The van der Waals surface area contributed by atoms with Crippen molar-refractivity contribution in [2.45, 2.75) is 13.3 Å². The lowest BCUT2D eigenvalue weighted by Gasteiger charge is -2.07. The van der Waals surface area contributed by atoms with Gasteiger partial charge in [0.05, 0.1) is 8.64 Å². The SMILES string of the molecule is [2H]c1c(Cl)cc(N)c(C(=O)C([2H])([2H])C([2H])(C)C(=O)O)c1[2H]. The first-order chi connectivity index (χ1) is 9.35. The second kappa shape index (κ2) is 4.99. The number of carboxylic acid groups (broad SMARTS) is 1. The molecule has 0 amide bonds. The summed E-state index contributed by atoms with van der Waals surface area (Å²) in [4.78, 5) is 23.2. The molecule has 1 rings (SSSR count). The Morgan fingerprint density at radius 3 is 2.94 bits per heavy atom. The minimum absolute atomic E-state index is 0.193. The van der Waals surface area contributed by atoms with Crippen molar-refractivity contribution in [2.75, 3.05) is 5.73 Å². The third-order valence-electron chi connectivity index (χ3n) is 1.73. The van der Waals surface area contributed by atoms with Gasteiger partial charge in [-0.3, -0.25) is 9.59 Å². The maximum Gasteiger partial charge on any atom is 0.306 e. The second-order valence-corrected chi connectivity index (χ2v) is 3.36. The number of aliphatic carboxylic acids is 1. The van der Waals surface area contributed by atoms with Crippen LogP contribution >= 0.6 is 11.6 Å². The molecule has 4 nitrogen and oxygen atoms in total. The van der Waals surface area contributed by atoms with Gasteiger partial charge in [0.1, 0.15) is 0 Å². The molecule has 1 aromatic carbocycles. The molecule has 0 heterocycles. The standard InChI is InChI=1S/C11H12ClNO3/c1-6(11(15)16)4-10(14)8-3-2-7(12)5-9(8)13/h2-3,5-6H,4,13H2,1H3,(H,15,16)/i2D,3D,4D2,6D. The van der Waals surface area contributed by atoms with Crippen molar-refractivity contribution in [3.05, 3.63) is 28.7 Å². The molecular weight excluding hydrogens is 230 g/mol. The van der Waals surface area contributed by atoms with Crippen LogP contribution in [0, 0.1) is 5.89 Å². The van der Waals surface area contributed by atoms with Crippen LogP contribution in [0.5, 0.6) is 0 Å². The van der Waals surface area contributed by atoms with Crippen molar-refractivity contribution < 1.29 is 21.5 Å². The Balaban J connectivity index is 3.53. The number of nitrogen functional groups attached to an aromatic ring is 1. The van der Waals surface area contributed by atoms with Gasteiger partial charge in [0, 0.05) is 26.8 Å². The zero-order chi connectivity index (χ0) is 16.7. The lowest BCUT2D eigenvalue weighted by Crippen LogP contribution is -2.15. The highest BCUT2D eigenvalue weighted by Gasteiger charge is 2.18. The lowest BCUT2D eigenvalue weighted by atomic mass is 9.99. The highest BCUT2D eigenvalue weighted by Crippen LogP contribution is 2.20. The minimum Gasteiger partial charge on any atom is -0.481 e. The van der Waals surface area contributed by atoms with Gasteiger partial charge in [-0.15, -0.1) is 0 Å². The van der Waals surface area contributed by atoms with Gasteiger partial charge >= 0.3 is 5.97 Å². The Morgan fingerprint density at radius 2 is 2.38 bits per heavy atom. The number of ketones is 1. The average molecular weight is 247 g/mol. The van der Waals surface area contributed by atoms with Crippen LogP contribution in [0.4, 0.5) is 5.69 Å². The largest absolute Gasteiger partial charge is 0.481 e. The maximum atomic E-state index is 12.2. The van der Waals surface area contributed by atoms with E-state index in [1.165, 1.54) is 0 Å². The summed E-state index contributed by atoms with van der Waals surface area (Å²) in [5.74, 6) is -6.08. The number of carboxylic acids is 1. The molecule has 0 bridgehead atoms. The van der Waals surface area contributed by atoms with Crippen LogP contribution in [0.2, 0.25) is 5.02 Å². The van der Waals surface area contributed by atoms with Crippen molar-refractivity contribution in [2.24, 2.45) is 5.89 Å². The van der Waals surface area contributed by atoms with Crippen LogP contribution in [0.1, 0.15) is 30.5 Å². The van der Waals surface area contributed by atoms with Gasteiger partial charge < -0.3 is 10.8 Å².